The molecule has 1 aliphatic carbocycles. The summed E-state index contributed by atoms with van der Waals surface area (Å²) in [5.41, 5.74) is 1.29. The van der Waals surface area contributed by atoms with E-state index in [1.54, 1.807) is 7.11 Å². The highest BCUT2D eigenvalue weighted by Crippen LogP contribution is 2.31. The number of hydrogen-bond acceptors (Lipinski definition) is 2. The molecule has 0 spiro atoms. The van der Waals surface area contributed by atoms with Gasteiger partial charge >= 0.3 is 0 Å². The average molecular weight is 261 g/mol. The lowest BCUT2D eigenvalue weighted by molar-refractivity contribution is 0.384. The molecule has 0 aromatic heterocycles. The Hall–Kier alpha value is -1.02. The first kappa shape index (κ1) is 14.4. The lowest BCUT2D eigenvalue weighted by Crippen LogP contribution is -2.26. The Labute approximate surface area is 117 Å². The highest BCUT2D eigenvalue weighted by atomic mass is 16.5. The van der Waals surface area contributed by atoms with Crippen LogP contribution in [0, 0.1) is 11.8 Å². The van der Waals surface area contributed by atoms with E-state index in [1.165, 1.54) is 24.8 Å². The van der Waals surface area contributed by atoms with E-state index >= 15 is 0 Å². The molecule has 1 fully saturated rings. The lowest BCUT2D eigenvalue weighted by atomic mass is 10.0. The smallest absolute Gasteiger partial charge is 0.123 e. The van der Waals surface area contributed by atoms with Crippen LogP contribution >= 0.6 is 0 Å². The monoisotopic (exact) mass is 261 g/mol. The van der Waals surface area contributed by atoms with Gasteiger partial charge in [-0.25, -0.2) is 0 Å². The minimum Gasteiger partial charge on any atom is -0.496 e. The topological polar surface area (TPSA) is 21.3 Å². The summed E-state index contributed by atoms with van der Waals surface area (Å²) in [7, 11) is 1.75. The quantitative estimate of drug-likeness (QED) is 0.829. The van der Waals surface area contributed by atoms with E-state index in [2.05, 4.69) is 37.4 Å². The Kier molecular flexibility index (Phi) is 5.26. The van der Waals surface area contributed by atoms with E-state index in [4.69, 9.17) is 4.74 Å². The van der Waals surface area contributed by atoms with Crippen LogP contribution in [0.15, 0.2) is 24.3 Å². The highest BCUT2D eigenvalue weighted by molar-refractivity contribution is 5.35. The second-order valence-electron chi connectivity index (χ2n) is 5.90. The molecule has 2 heteroatoms. The predicted octanol–water partition coefficient (Wildman–Crippen LogP) is 4.17. The molecule has 0 radical (unpaired) electrons. The number of rotatable bonds is 6. The molecule has 2 nitrogen and oxygen atoms in total. The van der Waals surface area contributed by atoms with Crippen molar-refractivity contribution in [1.82, 2.24) is 5.32 Å². The van der Waals surface area contributed by atoms with E-state index in [0.29, 0.717) is 6.04 Å². The molecule has 3 atom stereocenters. The number of nitrogens with one attached hydrogen (secondary N) is 1. The van der Waals surface area contributed by atoms with Gasteiger partial charge in [-0.1, -0.05) is 38.5 Å². The van der Waals surface area contributed by atoms with Crippen LogP contribution in [-0.2, 0) is 0 Å². The Bertz CT molecular complexity index is 391. The lowest BCUT2D eigenvalue weighted by Gasteiger charge is -2.22. The fourth-order valence-corrected chi connectivity index (χ4v) is 3.25. The number of benzene rings is 1. The SMILES string of the molecule is CCC(NCC1CCC(C)C1)c1ccccc1OC. The molecule has 19 heavy (non-hydrogen) atoms. The Morgan fingerprint density at radius 1 is 1.32 bits per heavy atom. The maximum absolute atomic E-state index is 5.48. The largest absolute Gasteiger partial charge is 0.496 e. The molecule has 2 rings (SSSR count). The second kappa shape index (κ2) is 6.95. The summed E-state index contributed by atoms with van der Waals surface area (Å²) in [6, 6.07) is 8.77. The third-order valence-corrected chi connectivity index (χ3v) is 4.38. The molecule has 106 valence electrons. The van der Waals surface area contributed by atoms with Crippen molar-refractivity contribution in [1.29, 1.82) is 0 Å². The van der Waals surface area contributed by atoms with Gasteiger partial charge in [0.05, 0.1) is 7.11 Å². The van der Waals surface area contributed by atoms with Gasteiger partial charge < -0.3 is 10.1 Å². The number of ether oxygens (including phenoxy) is 1. The molecular weight excluding hydrogens is 234 g/mol. The molecule has 0 aliphatic heterocycles. The number of methoxy groups -OCH3 is 1. The summed E-state index contributed by atoms with van der Waals surface area (Å²) in [6.45, 7) is 5.75. The Morgan fingerprint density at radius 3 is 2.74 bits per heavy atom. The Balaban J connectivity index is 1.96. The van der Waals surface area contributed by atoms with Gasteiger partial charge in [0.25, 0.3) is 0 Å². The summed E-state index contributed by atoms with van der Waals surface area (Å²) in [5, 5.41) is 3.74. The average Bonchev–Trinajstić information content (AvgIpc) is 2.86. The van der Waals surface area contributed by atoms with Crippen molar-refractivity contribution >= 4 is 0 Å². The van der Waals surface area contributed by atoms with Crippen LogP contribution in [0.25, 0.3) is 0 Å². The highest BCUT2D eigenvalue weighted by Gasteiger charge is 2.22. The van der Waals surface area contributed by atoms with Crippen molar-refractivity contribution in [2.75, 3.05) is 13.7 Å². The normalized spacial score (nSPS) is 24.4. The maximum atomic E-state index is 5.48. The van der Waals surface area contributed by atoms with Crippen LogP contribution in [-0.4, -0.2) is 13.7 Å². The van der Waals surface area contributed by atoms with Crippen LogP contribution in [0.3, 0.4) is 0 Å². The predicted molar refractivity (Wildman–Crippen MR) is 80.5 cm³/mol. The van der Waals surface area contributed by atoms with Gasteiger partial charge in [0.2, 0.25) is 0 Å². The summed E-state index contributed by atoms with van der Waals surface area (Å²) in [4.78, 5) is 0. The molecule has 1 aromatic carbocycles. The van der Waals surface area contributed by atoms with Crippen molar-refractivity contribution in [3.63, 3.8) is 0 Å². The summed E-state index contributed by atoms with van der Waals surface area (Å²) < 4.78 is 5.48. The summed E-state index contributed by atoms with van der Waals surface area (Å²) in [5.74, 6) is 2.78. The maximum Gasteiger partial charge on any atom is 0.123 e. The Morgan fingerprint density at radius 2 is 2.11 bits per heavy atom. The fraction of sp³-hybridized carbons (Fsp3) is 0.647. The second-order valence-corrected chi connectivity index (χ2v) is 5.90. The van der Waals surface area contributed by atoms with Crippen molar-refractivity contribution in [2.24, 2.45) is 11.8 Å². The number of para-hydroxylation sites is 1. The van der Waals surface area contributed by atoms with Gasteiger partial charge in [-0.15, -0.1) is 0 Å². The molecule has 3 unspecified atom stereocenters. The van der Waals surface area contributed by atoms with E-state index in [1.807, 2.05) is 6.07 Å². The first-order valence-corrected chi connectivity index (χ1v) is 7.60. The van der Waals surface area contributed by atoms with Gasteiger partial charge in [-0.3, -0.25) is 0 Å². The van der Waals surface area contributed by atoms with Crippen LogP contribution in [0.2, 0.25) is 0 Å². The first-order valence-electron chi connectivity index (χ1n) is 7.60. The van der Waals surface area contributed by atoms with Gasteiger partial charge in [-0.2, -0.15) is 0 Å². The molecule has 1 aliphatic rings. The molecule has 0 bridgehead atoms. The molecule has 0 heterocycles. The molecule has 0 saturated heterocycles. The third kappa shape index (κ3) is 3.73. The van der Waals surface area contributed by atoms with Crippen molar-refractivity contribution in [3.8, 4) is 5.75 Å². The molecular formula is C17H27NO. The van der Waals surface area contributed by atoms with Crippen LogP contribution in [0.5, 0.6) is 5.75 Å². The summed E-state index contributed by atoms with van der Waals surface area (Å²) in [6.07, 6.45) is 5.27. The van der Waals surface area contributed by atoms with Crippen molar-refractivity contribution in [2.45, 2.75) is 45.6 Å². The zero-order valence-electron chi connectivity index (χ0n) is 12.5. The van der Waals surface area contributed by atoms with E-state index in [9.17, 15) is 0 Å². The standard InChI is InChI=1S/C17H27NO/c1-4-16(15-7-5-6-8-17(15)19-3)18-12-14-10-9-13(2)11-14/h5-8,13-14,16,18H,4,9-12H2,1-3H3. The van der Waals surface area contributed by atoms with Crippen LogP contribution in [0.4, 0.5) is 0 Å². The van der Waals surface area contributed by atoms with E-state index in [-0.39, 0.29) is 0 Å². The molecule has 1 N–H and O–H groups in total. The van der Waals surface area contributed by atoms with Crippen LogP contribution in [0.1, 0.15) is 51.1 Å². The van der Waals surface area contributed by atoms with Crippen LogP contribution < -0.4 is 10.1 Å². The van der Waals surface area contributed by atoms with Gasteiger partial charge in [0.15, 0.2) is 0 Å². The van der Waals surface area contributed by atoms with E-state index < -0.39 is 0 Å². The fourth-order valence-electron chi connectivity index (χ4n) is 3.25. The molecule has 1 saturated carbocycles. The molecule has 1 aromatic rings. The minimum atomic E-state index is 0.409. The van der Waals surface area contributed by atoms with Crippen molar-refractivity contribution < 1.29 is 4.74 Å². The zero-order chi connectivity index (χ0) is 13.7. The summed E-state index contributed by atoms with van der Waals surface area (Å²) >= 11 is 0. The van der Waals surface area contributed by atoms with Crippen molar-refractivity contribution in [3.05, 3.63) is 29.8 Å². The van der Waals surface area contributed by atoms with E-state index in [0.717, 1.165) is 30.6 Å². The van der Waals surface area contributed by atoms with Gasteiger partial charge in [-0.05, 0) is 43.7 Å². The van der Waals surface area contributed by atoms with Gasteiger partial charge in [0, 0.05) is 11.6 Å². The number of hydrogen-bond donors (Lipinski definition) is 1. The minimum absolute atomic E-state index is 0.409. The molecule has 0 amide bonds. The third-order valence-electron chi connectivity index (χ3n) is 4.38. The zero-order valence-corrected chi connectivity index (χ0v) is 12.5. The van der Waals surface area contributed by atoms with Gasteiger partial charge in [0.1, 0.15) is 5.75 Å². The first-order chi connectivity index (χ1) is 9.24.